The predicted molar refractivity (Wildman–Crippen MR) is 192 cm³/mol. The van der Waals surface area contributed by atoms with Crippen LogP contribution in [0.3, 0.4) is 0 Å². The first-order valence-electron chi connectivity index (χ1n) is 17.4. The molecular weight excluding hydrogens is 694 g/mol. The zero-order chi connectivity index (χ0) is 38.5. The lowest BCUT2D eigenvalue weighted by Crippen LogP contribution is -2.41. The molecule has 3 N–H and O–H groups in total. The van der Waals surface area contributed by atoms with E-state index < -0.39 is 34.7 Å². The van der Waals surface area contributed by atoms with Crippen LogP contribution < -0.4 is 20.1 Å². The smallest absolute Gasteiger partial charge is 0.330 e. The highest BCUT2D eigenvalue weighted by Gasteiger charge is 2.30. The summed E-state index contributed by atoms with van der Waals surface area (Å²) in [4.78, 5) is 40.6. The molecule has 0 amide bonds. The fourth-order valence-electron chi connectivity index (χ4n) is 5.33. The maximum absolute atomic E-state index is 14.8. The Labute approximate surface area is 306 Å². The van der Waals surface area contributed by atoms with Crippen LogP contribution in [0.1, 0.15) is 53.2 Å². The number of fused-ring (bicyclic) bond motifs is 2. The number of aromatic nitrogens is 4. The first-order chi connectivity index (χ1) is 25.1. The van der Waals surface area contributed by atoms with Crippen molar-refractivity contribution in [1.82, 2.24) is 19.9 Å². The molecule has 16 heteroatoms. The Bertz CT molecular complexity index is 1970. The average Bonchev–Trinajstić information content (AvgIpc) is 3.06. The van der Waals surface area contributed by atoms with Gasteiger partial charge in [0.25, 0.3) is 0 Å². The Hall–Kier alpha value is -4.96. The Kier molecular flexibility index (Phi) is 12.1. The van der Waals surface area contributed by atoms with E-state index in [-0.39, 0.29) is 11.0 Å². The van der Waals surface area contributed by atoms with Crippen LogP contribution in [-0.2, 0) is 36.6 Å². The van der Waals surface area contributed by atoms with Gasteiger partial charge in [0.2, 0.25) is 11.8 Å². The van der Waals surface area contributed by atoms with Crippen LogP contribution in [0, 0.1) is 23.5 Å². The zero-order valence-electron chi connectivity index (χ0n) is 31.0. The molecule has 2 aliphatic rings. The Morgan fingerprint density at radius 2 is 1.17 bits per heavy atom. The highest BCUT2D eigenvalue weighted by molar-refractivity contribution is 5.90. The normalized spacial score (nSPS) is 14.8. The summed E-state index contributed by atoms with van der Waals surface area (Å²) >= 11 is 0. The van der Waals surface area contributed by atoms with Crippen molar-refractivity contribution in [3.63, 3.8) is 0 Å². The SMILES string of the molecule is CCc1nc(OCC2COC2)c2cc(NC(C)(C)C(=O)O)cc(F)c2n1.CCc1nc(OCC2COC2)c2cc(NC(C)(C)C(=O)OC)cc(F)c2n1. The number of rotatable bonds is 14. The van der Waals surface area contributed by atoms with Crippen molar-refractivity contribution in [2.24, 2.45) is 11.8 Å². The number of aliphatic carboxylic acids is 1. The van der Waals surface area contributed by atoms with E-state index in [4.69, 9.17) is 23.7 Å². The minimum Gasteiger partial charge on any atom is -0.480 e. The lowest BCUT2D eigenvalue weighted by molar-refractivity contribution is -0.144. The van der Waals surface area contributed by atoms with E-state index in [2.05, 4.69) is 30.6 Å². The largest absolute Gasteiger partial charge is 0.480 e. The highest BCUT2D eigenvalue weighted by Crippen LogP contribution is 2.32. The number of hydrogen-bond donors (Lipinski definition) is 3. The topological polar surface area (TPSA) is 176 Å². The number of nitrogens with one attached hydrogen (secondary N) is 2. The van der Waals surface area contributed by atoms with Crippen molar-refractivity contribution in [2.45, 2.75) is 65.5 Å². The molecular formula is C37H46F2N6O8. The number of benzene rings is 2. The Morgan fingerprint density at radius 1 is 0.755 bits per heavy atom. The molecule has 2 aromatic heterocycles. The number of aryl methyl sites for hydroxylation is 2. The van der Waals surface area contributed by atoms with Gasteiger partial charge in [-0.05, 0) is 52.0 Å². The molecule has 53 heavy (non-hydrogen) atoms. The van der Waals surface area contributed by atoms with Crippen molar-refractivity contribution in [2.75, 3.05) is 57.4 Å². The summed E-state index contributed by atoms with van der Waals surface area (Å²) in [5.41, 5.74) is -1.18. The molecule has 0 radical (unpaired) electrons. The Morgan fingerprint density at radius 3 is 1.51 bits per heavy atom. The van der Waals surface area contributed by atoms with Crippen LogP contribution in [0.25, 0.3) is 21.8 Å². The van der Waals surface area contributed by atoms with Gasteiger partial charge in [0, 0.05) is 36.1 Å². The molecule has 0 aliphatic carbocycles. The minimum atomic E-state index is -1.26. The number of carbonyl (C=O) groups excluding carboxylic acids is 1. The molecule has 2 aliphatic heterocycles. The second-order valence-electron chi connectivity index (χ2n) is 14.0. The number of hydrogen-bond acceptors (Lipinski definition) is 13. The van der Waals surface area contributed by atoms with E-state index in [1.54, 1.807) is 26.0 Å². The predicted octanol–water partition coefficient (Wildman–Crippen LogP) is 5.35. The number of methoxy groups -OCH3 is 1. The van der Waals surface area contributed by atoms with E-state index in [0.717, 1.165) is 0 Å². The van der Waals surface area contributed by atoms with Gasteiger partial charge in [-0.2, -0.15) is 9.97 Å². The third kappa shape index (κ3) is 9.35. The standard InChI is InChI=1S/C19H24FN3O4.C18H22FN3O4/c1-5-15-21-16-13(17(22-15)27-10-11-8-26-9-11)6-12(7-14(16)20)23-19(2,3)18(24)25-4;1-4-14-20-15-12(16(21-14)26-9-10-7-25-8-10)5-11(6-13(15)19)22-18(2,3)17(23)24/h6-7,11,23H,5,8-10H2,1-4H3;5-6,10,22H,4,7-9H2,1-3H3,(H,23,24). The van der Waals surface area contributed by atoms with Crippen LogP contribution in [0.4, 0.5) is 20.2 Å². The number of esters is 1. The molecule has 0 spiro atoms. The molecule has 4 aromatic rings. The lowest BCUT2D eigenvalue weighted by atomic mass is 10.0. The Balaban J connectivity index is 0.000000204. The van der Waals surface area contributed by atoms with Gasteiger partial charge >= 0.3 is 11.9 Å². The number of halogens is 2. The van der Waals surface area contributed by atoms with Crippen molar-refractivity contribution >= 4 is 45.1 Å². The number of carbonyl (C=O) groups is 2. The van der Waals surface area contributed by atoms with Crippen LogP contribution in [0.5, 0.6) is 11.8 Å². The number of carboxylic acid groups (broad SMARTS) is 1. The van der Waals surface area contributed by atoms with Gasteiger partial charge in [0.05, 0.1) is 57.5 Å². The molecule has 2 saturated heterocycles. The first kappa shape index (κ1) is 39.3. The van der Waals surface area contributed by atoms with E-state index in [9.17, 15) is 23.5 Å². The van der Waals surface area contributed by atoms with Crippen LogP contribution in [0.15, 0.2) is 24.3 Å². The van der Waals surface area contributed by atoms with Gasteiger partial charge in [-0.15, -0.1) is 0 Å². The summed E-state index contributed by atoms with van der Waals surface area (Å²) < 4.78 is 56.1. The molecule has 2 aromatic carbocycles. The monoisotopic (exact) mass is 740 g/mol. The molecule has 0 unspecified atom stereocenters. The molecule has 4 heterocycles. The maximum atomic E-state index is 14.8. The van der Waals surface area contributed by atoms with E-state index in [1.807, 2.05) is 13.8 Å². The fourth-order valence-corrected chi connectivity index (χ4v) is 5.33. The quantitative estimate of drug-likeness (QED) is 0.141. The van der Waals surface area contributed by atoms with Gasteiger partial charge in [0.15, 0.2) is 11.6 Å². The summed E-state index contributed by atoms with van der Waals surface area (Å²) in [5, 5.41) is 16.0. The second-order valence-corrected chi connectivity index (χ2v) is 14.0. The third-order valence-electron chi connectivity index (χ3n) is 8.63. The second kappa shape index (κ2) is 16.4. The van der Waals surface area contributed by atoms with Gasteiger partial charge in [-0.1, -0.05) is 13.8 Å². The van der Waals surface area contributed by atoms with Crippen molar-refractivity contribution in [3.05, 3.63) is 47.5 Å². The number of nitrogens with zero attached hydrogens (tertiary/aromatic N) is 4. The lowest BCUT2D eigenvalue weighted by Gasteiger charge is -2.26. The number of carboxylic acids is 1. The maximum Gasteiger partial charge on any atom is 0.330 e. The molecule has 0 atom stereocenters. The van der Waals surface area contributed by atoms with E-state index in [0.29, 0.717) is 110 Å². The van der Waals surface area contributed by atoms with Gasteiger partial charge in [-0.3, -0.25) is 0 Å². The van der Waals surface area contributed by atoms with Crippen molar-refractivity contribution in [1.29, 1.82) is 0 Å². The fraction of sp³-hybridized carbons (Fsp3) is 0.514. The van der Waals surface area contributed by atoms with Crippen LogP contribution in [0.2, 0.25) is 0 Å². The third-order valence-corrected chi connectivity index (χ3v) is 8.63. The van der Waals surface area contributed by atoms with Crippen molar-refractivity contribution < 1.29 is 47.2 Å². The zero-order valence-corrected chi connectivity index (χ0v) is 31.0. The first-order valence-corrected chi connectivity index (χ1v) is 17.4. The summed E-state index contributed by atoms with van der Waals surface area (Å²) in [5.74, 6) is -0.327. The molecule has 14 nitrogen and oxygen atoms in total. The van der Waals surface area contributed by atoms with Gasteiger partial charge in [-0.25, -0.2) is 28.3 Å². The summed E-state index contributed by atoms with van der Waals surface area (Å²) in [6.45, 7) is 13.6. The molecule has 2 fully saturated rings. The summed E-state index contributed by atoms with van der Waals surface area (Å²) in [7, 11) is 1.31. The molecule has 286 valence electrons. The molecule has 6 rings (SSSR count). The highest BCUT2D eigenvalue weighted by atomic mass is 19.1. The van der Waals surface area contributed by atoms with Crippen LogP contribution in [-0.4, -0.2) is 94.8 Å². The minimum absolute atomic E-state index is 0.162. The van der Waals surface area contributed by atoms with Crippen LogP contribution >= 0.6 is 0 Å². The van der Waals surface area contributed by atoms with Crippen molar-refractivity contribution in [3.8, 4) is 11.8 Å². The van der Waals surface area contributed by atoms with Gasteiger partial charge < -0.3 is 39.4 Å². The average molecular weight is 741 g/mol. The molecule has 0 bridgehead atoms. The molecule has 0 saturated carbocycles. The summed E-state index contributed by atoms with van der Waals surface area (Å²) in [6.07, 6.45) is 1.11. The van der Waals surface area contributed by atoms with E-state index >= 15 is 0 Å². The number of anilines is 2. The van der Waals surface area contributed by atoms with E-state index in [1.165, 1.54) is 33.1 Å². The summed E-state index contributed by atoms with van der Waals surface area (Å²) in [6, 6.07) is 5.86. The number of ether oxygens (including phenoxy) is 5. The van der Waals surface area contributed by atoms with Gasteiger partial charge in [0.1, 0.15) is 33.8 Å².